The number of amides is 3. The van der Waals surface area contributed by atoms with E-state index in [0.29, 0.717) is 32.5 Å². The third-order valence-corrected chi connectivity index (χ3v) is 8.14. The van der Waals surface area contributed by atoms with E-state index in [2.05, 4.69) is 88.9 Å². The summed E-state index contributed by atoms with van der Waals surface area (Å²) in [6.07, 6.45) is 1.28. The highest BCUT2D eigenvalue weighted by Gasteiger charge is 2.57. The van der Waals surface area contributed by atoms with Gasteiger partial charge in [0.2, 0.25) is 0 Å². The van der Waals surface area contributed by atoms with Crippen LogP contribution in [0.15, 0.2) is 48.5 Å². The molecule has 2 fully saturated rings. The SMILES string of the molecule is COCCN1C(=O)N(Cc2cc(C(C)(C)C)cc(C(C)(C)C)c2)C(=O)C12CCN(Cc1ccccc1)CC2. The summed E-state index contributed by atoms with van der Waals surface area (Å²) in [5, 5.41) is 0. The highest BCUT2D eigenvalue weighted by Crippen LogP contribution is 2.39. The molecule has 1 spiro atoms. The van der Waals surface area contributed by atoms with Gasteiger partial charge < -0.3 is 9.64 Å². The van der Waals surface area contributed by atoms with Crippen molar-refractivity contribution in [1.29, 1.82) is 0 Å². The van der Waals surface area contributed by atoms with E-state index in [1.54, 1.807) is 12.0 Å². The Labute approximate surface area is 228 Å². The maximum atomic E-state index is 14.1. The number of piperidine rings is 1. The number of rotatable bonds is 7. The van der Waals surface area contributed by atoms with Gasteiger partial charge in [-0.15, -0.1) is 0 Å². The third kappa shape index (κ3) is 5.81. The first-order chi connectivity index (χ1) is 17.8. The lowest BCUT2D eigenvalue weighted by Gasteiger charge is -2.42. The zero-order valence-corrected chi connectivity index (χ0v) is 24.3. The number of carbonyl (C=O) groups excluding carboxylic acids is 2. The maximum absolute atomic E-state index is 14.1. The van der Waals surface area contributed by atoms with Gasteiger partial charge in [0.25, 0.3) is 5.91 Å². The largest absolute Gasteiger partial charge is 0.383 e. The van der Waals surface area contributed by atoms with E-state index in [9.17, 15) is 9.59 Å². The van der Waals surface area contributed by atoms with Crippen LogP contribution >= 0.6 is 0 Å². The van der Waals surface area contributed by atoms with E-state index in [1.807, 2.05) is 6.07 Å². The first-order valence-corrected chi connectivity index (χ1v) is 13.9. The standard InChI is InChI=1S/C32H45N3O3/c1-30(2,3)26-19-25(20-27(21-26)31(4,5)6)23-34-28(36)32(35(29(34)37)17-18-38-7)13-15-33(16-14-32)22-24-11-9-8-10-12-24/h8-12,19-21H,13-18,22-23H2,1-7H3. The van der Waals surface area contributed by atoms with Crippen molar-refractivity contribution in [2.45, 2.75) is 83.8 Å². The zero-order valence-electron chi connectivity index (χ0n) is 24.3. The maximum Gasteiger partial charge on any atom is 0.328 e. The smallest absolute Gasteiger partial charge is 0.328 e. The quantitative estimate of drug-likeness (QED) is 0.439. The predicted molar refractivity (Wildman–Crippen MR) is 152 cm³/mol. The lowest BCUT2D eigenvalue weighted by molar-refractivity contribution is -0.136. The van der Waals surface area contributed by atoms with Crippen LogP contribution in [0.5, 0.6) is 0 Å². The first kappa shape index (κ1) is 28.3. The molecule has 2 saturated heterocycles. The second kappa shape index (κ2) is 10.8. The third-order valence-electron chi connectivity index (χ3n) is 8.14. The Hall–Kier alpha value is -2.70. The molecule has 2 aromatic rings. The number of methoxy groups -OCH3 is 1. The number of hydrogen-bond donors (Lipinski definition) is 0. The predicted octanol–water partition coefficient (Wildman–Crippen LogP) is 5.73. The number of likely N-dealkylation sites (tertiary alicyclic amines) is 1. The van der Waals surface area contributed by atoms with Crippen molar-refractivity contribution in [2.75, 3.05) is 33.4 Å². The summed E-state index contributed by atoms with van der Waals surface area (Å²) < 4.78 is 5.35. The van der Waals surface area contributed by atoms with E-state index in [1.165, 1.54) is 21.6 Å². The average molecular weight is 520 g/mol. The minimum absolute atomic E-state index is 0.0354. The molecule has 0 aliphatic carbocycles. The fraction of sp³-hybridized carbons (Fsp3) is 0.562. The number of hydrogen-bond acceptors (Lipinski definition) is 4. The Morgan fingerprint density at radius 1 is 0.816 bits per heavy atom. The van der Waals surface area contributed by atoms with Crippen LogP contribution in [0.1, 0.15) is 76.6 Å². The van der Waals surface area contributed by atoms with Crippen LogP contribution in [0, 0.1) is 0 Å². The van der Waals surface area contributed by atoms with Crippen molar-refractivity contribution >= 4 is 11.9 Å². The summed E-state index contributed by atoms with van der Waals surface area (Å²) in [6, 6.07) is 16.8. The van der Waals surface area contributed by atoms with Crippen molar-refractivity contribution in [3.05, 3.63) is 70.8 Å². The molecule has 4 rings (SSSR count). The Morgan fingerprint density at radius 2 is 1.39 bits per heavy atom. The number of ether oxygens (including phenoxy) is 1. The molecular formula is C32H45N3O3. The van der Waals surface area contributed by atoms with Gasteiger partial charge in [-0.3, -0.25) is 14.6 Å². The molecule has 38 heavy (non-hydrogen) atoms. The van der Waals surface area contributed by atoms with Gasteiger partial charge in [-0.05, 0) is 45.9 Å². The van der Waals surface area contributed by atoms with Gasteiger partial charge in [0.15, 0.2) is 0 Å². The molecule has 2 aromatic carbocycles. The Bertz CT molecular complexity index is 1110. The number of carbonyl (C=O) groups is 2. The molecule has 206 valence electrons. The van der Waals surface area contributed by atoms with Crippen LogP contribution in [-0.4, -0.2) is 65.5 Å². The normalized spacial score (nSPS) is 18.6. The summed E-state index contributed by atoms with van der Waals surface area (Å²) in [4.78, 5) is 33.6. The Balaban J connectivity index is 1.60. The van der Waals surface area contributed by atoms with Crippen LogP contribution in [0.4, 0.5) is 4.79 Å². The lowest BCUT2D eigenvalue weighted by Crippen LogP contribution is -2.57. The number of benzene rings is 2. The minimum Gasteiger partial charge on any atom is -0.383 e. The highest BCUT2D eigenvalue weighted by molar-refractivity contribution is 6.07. The van der Waals surface area contributed by atoms with E-state index >= 15 is 0 Å². The van der Waals surface area contributed by atoms with Gasteiger partial charge >= 0.3 is 6.03 Å². The number of urea groups is 1. The van der Waals surface area contributed by atoms with E-state index < -0.39 is 5.54 Å². The van der Waals surface area contributed by atoms with Gasteiger partial charge in [0, 0.05) is 33.3 Å². The molecule has 0 unspecified atom stereocenters. The molecule has 6 heteroatoms. The fourth-order valence-corrected chi connectivity index (χ4v) is 5.65. The van der Waals surface area contributed by atoms with E-state index in [-0.39, 0.29) is 22.8 Å². The summed E-state index contributed by atoms with van der Waals surface area (Å²) >= 11 is 0. The van der Waals surface area contributed by atoms with E-state index in [0.717, 1.165) is 25.2 Å². The second-order valence-electron chi connectivity index (χ2n) is 13.0. The Morgan fingerprint density at radius 3 is 1.92 bits per heavy atom. The van der Waals surface area contributed by atoms with Gasteiger partial charge in [-0.25, -0.2) is 4.79 Å². The van der Waals surface area contributed by atoms with Crippen molar-refractivity contribution < 1.29 is 14.3 Å². The summed E-state index contributed by atoms with van der Waals surface area (Å²) in [7, 11) is 1.64. The minimum atomic E-state index is -0.794. The zero-order chi connectivity index (χ0) is 27.7. The van der Waals surface area contributed by atoms with Gasteiger partial charge in [0.05, 0.1) is 13.2 Å². The molecule has 0 N–H and O–H groups in total. The monoisotopic (exact) mass is 519 g/mol. The molecule has 3 amide bonds. The molecule has 2 aliphatic heterocycles. The fourth-order valence-electron chi connectivity index (χ4n) is 5.65. The van der Waals surface area contributed by atoms with Crippen molar-refractivity contribution in [3.63, 3.8) is 0 Å². The summed E-state index contributed by atoms with van der Waals surface area (Å²) in [6.45, 7) is 16.8. The van der Waals surface area contributed by atoms with Crippen LogP contribution < -0.4 is 0 Å². The van der Waals surface area contributed by atoms with Crippen molar-refractivity contribution in [2.24, 2.45) is 0 Å². The topological polar surface area (TPSA) is 53.1 Å². The second-order valence-corrected chi connectivity index (χ2v) is 13.0. The molecule has 0 bridgehead atoms. The molecular weight excluding hydrogens is 474 g/mol. The van der Waals surface area contributed by atoms with Crippen molar-refractivity contribution in [1.82, 2.24) is 14.7 Å². The Kier molecular flexibility index (Phi) is 8.06. The molecule has 0 atom stereocenters. The van der Waals surface area contributed by atoms with Crippen molar-refractivity contribution in [3.8, 4) is 0 Å². The van der Waals surface area contributed by atoms with Gasteiger partial charge in [-0.2, -0.15) is 0 Å². The summed E-state index contributed by atoms with van der Waals surface area (Å²) in [5.74, 6) is -0.0589. The van der Waals surface area contributed by atoms with Crippen LogP contribution in [0.3, 0.4) is 0 Å². The molecule has 0 radical (unpaired) electrons. The van der Waals surface area contributed by atoms with Crippen LogP contribution in [0.25, 0.3) is 0 Å². The van der Waals surface area contributed by atoms with E-state index in [4.69, 9.17) is 4.74 Å². The molecule has 2 aliphatic rings. The van der Waals surface area contributed by atoms with Gasteiger partial charge in [0.1, 0.15) is 5.54 Å². The lowest BCUT2D eigenvalue weighted by atomic mass is 9.79. The van der Waals surface area contributed by atoms with Crippen LogP contribution in [-0.2, 0) is 33.5 Å². The molecule has 6 nitrogen and oxygen atoms in total. The number of nitrogens with zero attached hydrogens (tertiary/aromatic N) is 3. The number of imide groups is 1. The molecule has 2 heterocycles. The molecule has 0 saturated carbocycles. The summed E-state index contributed by atoms with van der Waals surface area (Å²) in [5.41, 5.74) is 3.85. The van der Waals surface area contributed by atoms with Gasteiger partial charge in [-0.1, -0.05) is 90.1 Å². The highest BCUT2D eigenvalue weighted by atomic mass is 16.5. The first-order valence-electron chi connectivity index (χ1n) is 13.9. The molecule has 0 aromatic heterocycles. The average Bonchev–Trinajstić information content (AvgIpc) is 3.04. The van der Waals surface area contributed by atoms with Crippen LogP contribution in [0.2, 0.25) is 0 Å².